The Bertz CT molecular complexity index is 615. The summed E-state index contributed by atoms with van der Waals surface area (Å²) in [5.41, 5.74) is 0. The van der Waals surface area contributed by atoms with E-state index in [9.17, 15) is 12.8 Å². The van der Waals surface area contributed by atoms with Crippen LogP contribution in [0.1, 0.15) is 0 Å². The number of hydrogen-bond acceptors (Lipinski definition) is 3. The van der Waals surface area contributed by atoms with Crippen molar-refractivity contribution in [2.45, 2.75) is 4.90 Å². The lowest BCUT2D eigenvalue weighted by Crippen LogP contribution is -2.31. The quantitative estimate of drug-likeness (QED) is 0.624. The zero-order valence-electron chi connectivity index (χ0n) is 9.10. The Morgan fingerprint density at radius 1 is 1.44 bits per heavy atom. The topological polar surface area (TPSA) is 61.2 Å². The maximum atomic E-state index is 13.3. The Kier molecular flexibility index (Phi) is 4.85. The van der Waals surface area contributed by atoms with Gasteiger partial charge in [0.25, 0.3) is 0 Å². The molecule has 94 valence electrons. The van der Waals surface area contributed by atoms with Crippen LogP contribution in [0, 0.1) is 29.5 Å². The lowest BCUT2D eigenvalue weighted by molar-refractivity contribution is 0.480. The average Bonchev–Trinajstić information content (AvgIpc) is 2.32. The van der Waals surface area contributed by atoms with E-state index in [1.807, 2.05) is 0 Å². The summed E-state index contributed by atoms with van der Waals surface area (Å²) < 4.78 is 38.4. The molecule has 0 bridgehead atoms. The third-order valence-corrected chi connectivity index (χ3v) is 4.47. The van der Waals surface area contributed by atoms with Gasteiger partial charge in [0.1, 0.15) is 12.4 Å². The number of nitriles is 1. The molecule has 1 rings (SSSR count). The first-order valence-electron chi connectivity index (χ1n) is 4.69. The van der Waals surface area contributed by atoms with Crippen LogP contribution in [0.2, 0.25) is 0 Å². The molecule has 0 fully saturated rings. The molecule has 18 heavy (non-hydrogen) atoms. The molecule has 0 unspecified atom stereocenters. The second-order valence-corrected chi connectivity index (χ2v) is 6.00. The molecule has 0 spiro atoms. The van der Waals surface area contributed by atoms with E-state index in [-0.39, 0.29) is 22.5 Å². The van der Waals surface area contributed by atoms with Gasteiger partial charge in [0.05, 0.1) is 22.0 Å². The zero-order chi connectivity index (χ0) is 13.8. The summed E-state index contributed by atoms with van der Waals surface area (Å²) in [4.78, 5) is -0.242. The predicted molar refractivity (Wildman–Crippen MR) is 67.3 cm³/mol. The van der Waals surface area contributed by atoms with Crippen molar-refractivity contribution < 1.29 is 12.8 Å². The van der Waals surface area contributed by atoms with Crippen LogP contribution in [0.5, 0.6) is 0 Å². The van der Waals surface area contributed by atoms with E-state index in [1.54, 1.807) is 6.07 Å². The Balaban J connectivity index is 3.23. The molecule has 0 atom stereocenters. The second-order valence-electron chi connectivity index (χ2n) is 3.21. The van der Waals surface area contributed by atoms with Crippen molar-refractivity contribution in [3.05, 3.63) is 28.5 Å². The van der Waals surface area contributed by atoms with Crippen LogP contribution in [-0.2, 0) is 10.0 Å². The van der Waals surface area contributed by atoms with Gasteiger partial charge in [-0.2, -0.15) is 9.57 Å². The summed E-state index contributed by atoms with van der Waals surface area (Å²) in [6.07, 6.45) is 5.04. The van der Waals surface area contributed by atoms with Crippen molar-refractivity contribution in [2.24, 2.45) is 0 Å². The van der Waals surface area contributed by atoms with Gasteiger partial charge in [-0.15, -0.1) is 6.42 Å². The van der Waals surface area contributed by atoms with Crippen LogP contribution in [0.15, 0.2) is 27.6 Å². The van der Waals surface area contributed by atoms with Crippen LogP contribution < -0.4 is 0 Å². The molecule has 0 radical (unpaired) electrons. The molecule has 0 saturated heterocycles. The maximum Gasteiger partial charge on any atom is 0.245 e. The molecular weight excluding hydrogens is 323 g/mol. The van der Waals surface area contributed by atoms with Crippen molar-refractivity contribution in [3.63, 3.8) is 0 Å². The minimum Gasteiger partial charge on any atom is -0.207 e. The fraction of sp³-hybridized carbons (Fsp3) is 0.182. The Morgan fingerprint density at radius 2 is 2.11 bits per heavy atom. The lowest BCUT2D eigenvalue weighted by Gasteiger charge is -2.16. The highest BCUT2D eigenvalue weighted by atomic mass is 79.9. The SMILES string of the molecule is C#CCN(CC#N)S(=O)(=O)c1ccc(Br)c(F)c1. The van der Waals surface area contributed by atoms with Crippen LogP contribution in [0.4, 0.5) is 4.39 Å². The molecule has 0 N–H and O–H groups in total. The van der Waals surface area contributed by atoms with Crippen LogP contribution >= 0.6 is 15.9 Å². The summed E-state index contributed by atoms with van der Waals surface area (Å²) in [7, 11) is -3.96. The van der Waals surface area contributed by atoms with Gasteiger partial charge in [-0.1, -0.05) is 5.92 Å². The lowest BCUT2D eigenvalue weighted by atomic mass is 10.3. The van der Waals surface area contributed by atoms with Crippen molar-refractivity contribution in [1.82, 2.24) is 4.31 Å². The van der Waals surface area contributed by atoms with E-state index in [1.165, 1.54) is 12.1 Å². The molecule has 1 aromatic carbocycles. The van der Waals surface area contributed by atoms with E-state index in [2.05, 4.69) is 21.9 Å². The Hall–Kier alpha value is -1.41. The van der Waals surface area contributed by atoms with Gasteiger partial charge in [-0.3, -0.25) is 0 Å². The predicted octanol–water partition coefficient (Wildman–Crippen LogP) is 1.74. The standard InChI is InChI=1S/C11H8BrFN2O2S/c1-2-6-15(7-5-14)18(16,17)9-3-4-10(12)11(13)8-9/h1,3-4,8H,6-7H2. The smallest absolute Gasteiger partial charge is 0.207 e. The van der Waals surface area contributed by atoms with Crippen molar-refractivity contribution in [2.75, 3.05) is 13.1 Å². The van der Waals surface area contributed by atoms with Gasteiger partial charge in [-0.05, 0) is 34.1 Å². The van der Waals surface area contributed by atoms with E-state index < -0.39 is 15.8 Å². The number of sulfonamides is 1. The van der Waals surface area contributed by atoms with Crippen molar-refractivity contribution in [1.29, 1.82) is 5.26 Å². The fourth-order valence-corrected chi connectivity index (χ4v) is 2.70. The monoisotopic (exact) mass is 330 g/mol. The third kappa shape index (κ3) is 3.08. The molecule has 0 aliphatic rings. The second kappa shape index (κ2) is 5.96. The first kappa shape index (κ1) is 14.7. The fourth-order valence-electron chi connectivity index (χ4n) is 1.19. The van der Waals surface area contributed by atoms with E-state index in [0.29, 0.717) is 0 Å². The number of benzene rings is 1. The first-order valence-corrected chi connectivity index (χ1v) is 6.92. The summed E-state index contributed by atoms with van der Waals surface area (Å²) in [6, 6.07) is 5.10. The Labute approximate surface area is 113 Å². The average molecular weight is 331 g/mol. The highest BCUT2D eigenvalue weighted by Gasteiger charge is 2.24. The summed E-state index contributed by atoms with van der Waals surface area (Å²) in [6.45, 7) is -0.627. The number of terminal acetylenes is 1. The molecule has 0 aliphatic carbocycles. The van der Waals surface area contributed by atoms with Crippen LogP contribution in [-0.4, -0.2) is 25.8 Å². The molecule has 1 aromatic rings. The minimum absolute atomic E-state index is 0.158. The largest absolute Gasteiger partial charge is 0.245 e. The maximum absolute atomic E-state index is 13.3. The normalized spacial score (nSPS) is 10.9. The highest BCUT2D eigenvalue weighted by molar-refractivity contribution is 9.10. The Morgan fingerprint density at radius 3 is 2.61 bits per heavy atom. The first-order chi connectivity index (χ1) is 8.43. The van der Waals surface area contributed by atoms with Crippen LogP contribution in [0.25, 0.3) is 0 Å². The highest BCUT2D eigenvalue weighted by Crippen LogP contribution is 2.21. The van der Waals surface area contributed by atoms with E-state index in [4.69, 9.17) is 11.7 Å². The van der Waals surface area contributed by atoms with Gasteiger partial charge in [0, 0.05) is 0 Å². The summed E-state index contributed by atoms with van der Waals surface area (Å²) in [5.74, 6) is 1.45. The minimum atomic E-state index is -3.96. The van der Waals surface area contributed by atoms with Crippen molar-refractivity contribution >= 4 is 26.0 Å². The van der Waals surface area contributed by atoms with Gasteiger partial charge in [0.2, 0.25) is 10.0 Å². The summed E-state index contributed by atoms with van der Waals surface area (Å²) in [5, 5.41) is 8.57. The van der Waals surface area contributed by atoms with Gasteiger partial charge >= 0.3 is 0 Å². The number of hydrogen-bond donors (Lipinski definition) is 0. The molecule has 0 aromatic heterocycles. The molecule has 0 aliphatic heterocycles. The number of halogens is 2. The molecule has 0 saturated carbocycles. The molecule has 7 heteroatoms. The molecular formula is C11H8BrFN2O2S. The summed E-state index contributed by atoms with van der Waals surface area (Å²) >= 11 is 2.93. The van der Waals surface area contributed by atoms with E-state index in [0.717, 1.165) is 10.4 Å². The number of nitrogens with zero attached hydrogens (tertiary/aromatic N) is 2. The van der Waals surface area contributed by atoms with E-state index >= 15 is 0 Å². The van der Waals surface area contributed by atoms with Gasteiger partial charge < -0.3 is 0 Å². The molecule has 0 heterocycles. The third-order valence-electron chi connectivity index (χ3n) is 2.04. The number of rotatable bonds is 4. The van der Waals surface area contributed by atoms with Gasteiger partial charge in [-0.25, -0.2) is 12.8 Å². The van der Waals surface area contributed by atoms with Crippen LogP contribution in [0.3, 0.4) is 0 Å². The zero-order valence-corrected chi connectivity index (χ0v) is 11.5. The molecule has 4 nitrogen and oxygen atoms in total. The van der Waals surface area contributed by atoms with Gasteiger partial charge in [0.15, 0.2) is 0 Å². The molecule has 0 amide bonds. The van der Waals surface area contributed by atoms with Crippen molar-refractivity contribution in [3.8, 4) is 18.4 Å².